The Morgan fingerprint density at radius 2 is 1.73 bits per heavy atom. The lowest BCUT2D eigenvalue weighted by Gasteiger charge is -2.08. The summed E-state index contributed by atoms with van der Waals surface area (Å²) in [4.78, 5) is 22.6. The summed E-state index contributed by atoms with van der Waals surface area (Å²) in [5, 5.41) is 3.01. The van der Waals surface area contributed by atoms with E-state index in [1.165, 1.54) is 6.42 Å². The summed E-state index contributed by atoms with van der Waals surface area (Å²) >= 11 is 3.46. The summed E-state index contributed by atoms with van der Waals surface area (Å²) in [6.45, 7) is 2.78. The molecule has 0 saturated heterocycles. The second kappa shape index (κ2) is 8.83. The fourth-order valence-corrected chi connectivity index (χ4v) is 3.84. The molecule has 0 bridgehead atoms. The van der Waals surface area contributed by atoms with Crippen LogP contribution in [0.15, 0.2) is 53.0 Å². The van der Waals surface area contributed by atoms with Crippen molar-refractivity contribution < 1.29 is 4.79 Å². The standard InChI is InChI=1S/C23H24BrN5O/c1-2-3-4-7-14-26-23(30)19-20-22(28-18-9-6-5-8-17(18)27-20)29(21(19)25)16-12-10-15(24)11-13-16/h5-6,8-13H,2-4,7,14,25H2,1H3,(H,26,30). The van der Waals surface area contributed by atoms with Crippen LogP contribution in [0.2, 0.25) is 0 Å². The van der Waals surface area contributed by atoms with Crippen LogP contribution < -0.4 is 11.1 Å². The molecule has 3 N–H and O–H groups in total. The lowest BCUT2D eigenvalue weighted by Crippen LogP contribution is -2.25. The number of carbonyl (C=O) groups is 1. The van der Waals surface area contributed by atoms with Gasteiger partial charge in [-0.05, 0) is 42.8 Å². The molecule has 2 aromatic heterocycles. The molecule has 0 aliphatic rings. The van der Waals surface area contributed by atoms with Gasteiger partial charge in [0.05, 0.1) is 11.0 Å². The van der Waals surface area contributed by atoms with E-state index in [2.05, 4.69) is 28.2 Å². The number of nitrogens with two attached hydrogens (primary N) is 1. The number of nitrogens with one attached hydrogen (secondary N) is 1. The Hall–Kier alpha value is -2.93. The predicted molar refractivity (Wildman–Crippen MR) is 125 cm³/mol. The van der Waals surface area contributed by atoms with E-state index in [4.69, 9.17) is 15.7 Å². The molecule has 0 atom stereocenters. The van der Waals surface area contributed by atoms with E-state index in [0.29, 0.717) is 29.1 Å². The van der Waals surface area contributed by atoms with Crippen LogP contribution in [0, 0.1) is 0 Å². The van der Waals surface area contributed by atoms with Crippen LogP contribution in [0.3, 0.4) is 0 Å². The number of unbranched alkanes of at least 4 members (excludes halogenated alkanes) is 3. The summed E-state index contributed by atoms with van der Waals surface area (Å²) < 4.78 is 2.76. The van der Waals surface area contributed by atoms with Gasteiger partial charge >= 0.3 is 0 Å². The maximum absolute atomic E-state index is 13.1. The molecule has 2 heterocycles. The summed E-state index contributed by atoms with van der Waals surface area (Å²) in [6.07, 6.45) is 4.36. The molecule has 0 aliphatic carbocycles. The molecule has 4 rings (SSSR count). The van der Waals surface area contributed by atoms with Gasteiger partial charge in [-0.1, -0.05) is 54.2 Å². The number of benzene rings is 2. The number of halogens is 1. The molecule has 0 unspecified atom stereocenters. The number of carbonyl (C=O) groups excluding carboxylic acids is 1. The van der Waals surface area contributed by atoms with Gasteiger partial charge in [-0.2, -0.15) is 0 Å². The lowest BCUT2D eigenvalue weighted by atomic mass is 10.2. The molecule has 0 radical (unpaired) electrons. The Kier molecular flexibility index (Phi) is 5.99. The fraction of sp³-hybridized carbons (Fsp3) is 0.261. The van der Waals surface area contributed by atoms with E-state index in [1.807, 2.05) is 48.5 Å². The number of aromatic nitrogens is 3. The number of fused-ring (bicyclic) bond motifs is 2. The third kappa shape index (κ3) is 3.89. The highest BCUT2D eigenvalue weighted by atomic mass is 79.9. The molecule has 2 aromatic carbocycles. The zero-order valence-electron chi connectivity index (χ0n) is 16.9. The van der Waals surface area contributed by atoms with Gasteiger partial charge in [0.1, 0.15) is 16.9 Å². The van der Waals surface area contributed by atoms with Gasteiger partial charge in [0, 0.05) is 16.7 Å². The van der Waals surface area contributed by atoms with E-state index in [0.717, 1.165) is 40.5 Å². The van der Waals surface area contributed by atoms with Gasteiger partial charge < -0.3 is 11.1 Å². The van der Waals surface area contributed by atoms with Gasteiger partial charge in [0.2, 0.25) is 0 Å². The Morgan fingerprint density at radius 3 is 2.43 bits per heavy atom. The number of nitrogen functional groups attached to an aromatic ring is 1. The minimum atomic E-state index is -0.213. The Bertz CT molecular complexity index is 1200. The van der Waals surface area contributed by atoms with Crippen molar-refractivity contribution in [2.75, 3.05) is 12.3 Å². The predicted octanol–water partition coefficient (Wildman–Crippen LogP) is 5.23. The molecular weight excluding hydrogens is 442 g/mol. The summed E-state index contributed by atoms with van der Waals surface area (Å²) in [6, 6.07) is 15.4. The van der Waals surface area contributed by atoms with Crippen LogP contribution in [-0.4, -0.2) is 27.0 Å². The molecule has 1 amide bonds. The van der Waals surface area contributed by atoms with E-state index < -0.39 is 0 Å². The number of rotatable bonds is 7. The Labute approximate surface area is 183 Å². The zero-order valence-corrected chi connectivity index (χ0v) is 18.4. The van der Waals surface area contributed by atoms with Gasteiger partial charge in [-0.3, -0.25) is 9.36 Å². The first kappa shape index (κ1) is 20.3. The van der Waals surface area contributed by atoms with Crippen LogP contribution in [0.25, 0.3) is 27.9 Å². The van der Waals surface area contributed by atoms with Gasteiger partial charge in [-0.15, -0.1) is 0 Å². The minimum absolute atomic E-state index is 0.213. The van der Waals surface area contributed by atoms with Crippen molar-refractivity contribution in [1.82, 2.24) is 19.9 Å². The van der Waals surface area contributed by atoms with Crippen LogP contribution in [0.5, 0.6) is 0 Å². The van der Waals surface area contributed by atoms with Gasteiger partial charge in [0.15, 0.2) is 5.65 Å². The largest absolute Gasteiger partial charge is 0.384 e. The average molecular weight is 466 g/mol. The zero-order chi connectivity index (χ0) is 21.1. The average Bonchev–Trinajstić information content (AvgIpc) is 3.03. The number of amides is 1. The molecule has 0 fully saturated rings. The fourth-order valence-electron chi connectivity index (χ4n) is 3.58. The monoisotopic (exact) mass is 465 g/mol. The molecular formula is C23H24BrN5O. The third-order valence-electron chi connectivity index (χ3n) is 5.13. The highest BCUT2D eigenvalue weighted by Crippen LogP contribution is 2.31. The quantitative estimate of drug-likeness (QED) is 0.366. The molecule has 4 aromatic rings. The summed E-state index contributed by atoms with van der Waals surface area (Å²) in [5.74, 6) is 0.128. The number of para-hydroxylation sites is 2. The molecule has 0 aliphatic heterocycles. The molecule has 0 saturated carbocycles. The first-order valence-corrected chi connectivity index (χ1v) is 11.0. The lowest BCUT2D eigenvalue weighted by molar-refractivity contribution is 0.0955. The van der Waals surface area contributed by atoms with Crippen LogP contribution in [0.4, 0.5) is 5.82 Å². The van der Waals surface area contributed by atoms with Crippen LogP contribution in [0.1, 0.15) is 43.0 Å². The normalized spacial score (nSPS) is 11.3. The number of hydrogen-bond acceptors (Lipinski definition) is 4. The van der Waals surface area contributed by atoms with Gasteiger partial charge in [-0.25, -0.2) is 9.97 Å². The molecule has 6 nitrogen and oxygen atoms in total. The smallest absolute Gasteiger partial charge is 0.257 e. The minimum Gasteiger partial charge on any atom is -0.384 e. The van der Waals surface area contributed by atoms with E-state index in [9.17, 15) is 4.79 Å². The van der Waals surface area contributed by atoms with Crippen molar-refractivity contribution >= 4 is 49.9 Å². The topological polar surface area (TPSA) is 85.8 Å². The number of anilines is 1. The maximum atomic E-state index is 13.1. The van der Waals surface area contributed by atoms with Crippen molar-refractivity contribution in [2.45, 2.75) is 32.6 Å². The second-order valence-corrected chi connectivity index (χ2v) is 8.19. The van der Waals surface area contributed by atoms with Crippen molar-refractivity contribution in [3.8, 4) is 5.69 Å². The molecule has 0 spiro atoms. The summed E-state index contributed by atoms with van der Waals surface area (Å²) in [5.41, 5.74) is 10.3. The SMILES string of the molecule is CCCCCCNC(=O)c1c(N)n(-c2ccc(Br)cc2)c2nc3ccccc3nc12. The Morgan fingerprint density at radius 1 is 1.03 bits per heavy atom. The molecule has 30 heavy (non-hydrogen) atoms. The van der Waals surface area contributed by atoms with E-state index in [1.54, 1.807) is 4.57 Å². The van der Waals surface area contributed by atoms with Crippen LogP contribution >= 0.6 is 15.9 Å². The van der Waals surface area contributed by atoms with Gasteiger partial charge in [0.25, 0.3) is 5.91 Å². The van der Waals surface area contributed by atoms with Crippen molar-refractivity contribution in [2.24, 2.45) is 0 Å². The van der Waals surface area contributed by atoms with E-state index in [-0.39, 0.29) is 5.91 Å². The molecule has 154 valence electrons. The maximum Gasteiger partial charge on any atom is 0.257 e. The first-order chi connectivity index (χ1) is 14.6. The second-order valence-electron chi connectivity index (χ2n) is 7.27. The van der Waals surface area contributed by atoms with Crippen molar-refractivity contribution in [1.29, 1.82) is 0 Å². The third-order valence-corrected chi connectivity index (χ3v) is 5.65. The number of nitrogens with zero attached hydrogens (tertiary/aromatic N) is 3. The summed E-state index contributed by atoms with van der Waals surface area (Å²) in [7, 11) is 0. The highest BCUT2D eigenvalue weighted by Gasteiger charge is 2.24. The molecule has 7 heteroatoms. The van der Waals surface area contributed by atoms with Crippen molar-refractivity contribution in [3.05, 3.63) is 58.6 Å². The van der Waals surface area contributed by atoms with Crippen molar-refractivity contribution in [3.63, 3.8) is 0 Å². The van der Waals surface area contributed by atoms with E-state index >= 15 is 0 Å². The highest BCUT2D eigenvalue weighted by molar-refractivity contribution is 9.10. The number of hydrogen-bond donors (Lipinski definition) is 2. The Balaban J connectivity index is 1.82. The van der Waals surface area contributed by atoms with Crippen LogP contribution in [-0.2, 0) is 0 Å². The first-order valence-electron chi connectivity index (χ1n) is 10.2.